The van der Waals surface area contributed by atoms with Gasteiger partial charge in [0.2, 0.25) is 0 Å². The lowest BCUT2D eigenvalue weighted by Gasteiger charge is -2.46. The summed E-state index contributed by atoms with van der Waals surface area (Å²) in [5.74, 6) is 0. The summed E-state index contributed by atoms with van der Waals surface area (Å²) in [6.45, 7) is 20.3. The molecule has 0 unspecified atom stereocenters. The molecule has 0 bridgehead atoms. The maximum atomic E-state index is 6.25. The standard InChI is InChI=1S/C18H36BNO2/c1-9-18(10-12-20(13-11-18)15(2,3)4)14-19-21-16(5,6)17(7,8)22-19/h9-14H2,1-8H3. The van der Waals surface area contributed by atoms with Gasteiger partial charge in [0.15, 0.2) is 0 Å². The Labute approximate surface area is 138 Å². The molecule has 0 aromatic carbocycles. The smallest absolute Gasteiger partial charge is 0.403 e. The van der Waals surface area contributed by atoms with Crippen LogP contribution in [-0.4, -0.2) is 41.8 Å². The maximum Gasteiger partial charge on any atom is 0.458 e. The number of hydrogen-bond donors (Lipinski definition) is 0. The van der Waals surface area contributed by atoms with Crippen LogP contribution in [-0.2, 0) is 9.31 Å². The van der Waals surface area contributed by atoms with Gasteiger partial charge in [-0.3, -0.25) is 4.90 Å². The molecule has 2 aliphatic heterocycles. The van der Waals surface area contributed by atoms with Crippen molar-refractivity contribution in [3.05, 3.63) is 0 Å². The van der Waals surface area contributed by atoms with Gasteiger partial charge in [-0.2, -0.15) is 0 Å². The highest BCUT2D eigenvalue weighted by Gasteiger charge is 2.53. The highest BCUT2D eigenvalue weighted by Crippen LogP contribution is 2.46. The third-order valence-electron chi connectivity index (χ3n) is 6.42. The van der Waals surface area contributed by atoms with E-state index >= 15 is 0 Å². The molecular weight excluding hydrogens is 273 g/mol. The zero-order valence-electron chi connectivity index (χ0n) is 16.1. The van der Waals surface area contributed by atoms with Crippen LogP contribution < -0.4 is 0 Å². The van der Waals surface area contributed by atoms with Crippen molar-refractivity contribution in [3.63, 3.8) is 0 Å². The molecule has 0 radical (unpaired) electrons. The van der Waals surface area contributed by atoms with E-state index in [0.29, 0.717) is 5.41 Å². The van der Waals surface area contributed by atoms with E-state index in [1.165, 1.54) is 32.4 Å². The Morgan fingerprint density at radius 2 is 1.41 bits per heavy atom. The number of nitrogens with zero attached hydrogens (tertiary/aromatic N) is 1. The second-order valence-electron chi connectivity index (χ2n) is 9.40. The first-order valence-electron chi connectivity index (χ1n) is 9.02. The van der Waals surface area contributed by atoms with Gasteiger partial charge >= 0.3 is 7.12 Å². The van der Waals surface area contributed by atoms with Gasteiger partial charge in [0.05, 0.1) is 11.2 Å². The molecule has 0 atom stereocenters. The lowest BCUT2D eigenvalue weighted by atomic mass is 9.62. The molecule has 0 amide bonds. The normalized spacial score (nSPS) is 28.1. The first-order chi connectivity index (χ1) is 9.91. The lowest BCUT2D eigenvalue weighted by molar-refractivity contribution is 0.00578. The van der Waals surface area contributed by atoms with E-state index in [2.05, 4.69) is 60.3 Å². The Morgan fingerprint density at radius 3 is 1.77 bits per heavy atom. The molecule has 0 aromatic heterocycles. The number of likely N-dealkylation sites (tertiary alicyclic amines) is 1. The average molecular weight is 309 g/mol. The minimum atomic E-state index is -0.210. The van der Waals surface area contributed by atoms with E-state index in [0.717, 1.165) is 6.32 Å². The molecule has 0 aromatic rings. The summed E-state index contributed by atoms with van der Waals surface area (Å²) >= 11 is 0. The summed E-state index contributed by atoms with van der Waals surface area (Å²) in [6.07, 6.45) is 4.76. The van der Waals surface area contributed by atoms with E-state index in [9.17, 15) is 0 Å². The third kappa shape index (κ3) is 3.54. The minimum absolute atomic E-state index is 0.0499. The Balaban J connectivity index is 2.00. The fraction of sp³-hybridized carbons (Fsp3) is 1.00. The van der Waals surface area contributed by atoms with Crippen LogP contribution in [0.15, 0.2) is 0 Å². The Hall–Kier alpha value is -0.0551. The van der Waals surface area contributed by atoms with E-state index in [1.54, 1.807) is 0 Å². The van der Waals surface area contributed by atoms with E-state index in [-0.39, 0.29) is 23.9 Å². The Morgan fingerprint density at radius 1 is 0.955 bits per heavy atom. The fourth-order valence-corrected chi connectivity index (χ4v) is 3.76. The van der Waals surface area contributed by atoms with Crippen molar-refractivity contribution >= 4 is 7.12 Å². The lowest BCUT2D eigenvalue weighted by Crippen LogP contribution is -2.49. The summed E-state index contributed by atoms with van der Waals surface area (Å²) in [5.41, 5.74) is 0.241. The minimum Gasteiger partial charge on any atom is -0.403 e. The predicted molar refractivity (Wildman–Crippen MR) is 94.2 cm³/mol. The van der Waals surface area contributed by atoms with Gasteiger partial charge in [-0.15, -0.1) is 0 Å². The molecule has 2 rings (SSSR count). The van der Waals surface area contributed by atoms with E-state index < -0.39 is 0 Å². The van der Waals surface area contributed by atoms with Crippen LogP contribution in [0.4, 0.5) is 0 Å². The van der Waals surface area contributed by atoms with Gasteiger partial charge in [-0.1, -0.05) is 13.3 Å². The van der Waals surface area contributed by atoms with Crippen molar-refractivity contribution in [2.45, 2.75) is 97.7 Å². The van der Waals surface area contributed by atoms with Gasteiger partial charge in [0, 0.05) is 5.54 Å². The maximum absolute atomic E-state index is 6.25. The first kappa shape index (κ1) is 18.3. The van der Waals surface area contributed by atoms with Crippen molar-refractivity contribution in [2.75, 3.05) is 13.1 Å². The summed E-state index contributed by atoms with van der Waals surface area (Å²) < 4.78 is 12.5. The highest BCUT2D eigenvalue weighted by atomic mass is 16.7. The Bertz CT molecular complexity index is 376. The van der Waals surface area contributed by atoms with E-state index in [4.69, 9.17) is 9.31 Å². The summed E-state index contributed by atoms with van der Waals surface area (Å²) in [6, 6.07) is 0. The van der Waals surface area contributed by atoms with Crippen LogP contribution in [0, 0.1) is 5.41 Å². The van der Waals surface area contributed by atoms with E-state index in [1.807, 2.05) is 0 Å². The molecule has 2 heterocycles. The molecule has 128 valence electrons. The Kier molecular flexibility index (Phi) is 4.81. The average Bonchev–Trinajstić information content (AvgIpc) is 2.56. The zero-order valence-corrected chi connectivity index (χ0v) is 16.1. The van der Waals surface area contributed by atoms with Crippen molar-refractivity contribution in [2.24, 2.45) is 5.41 Å². The molecule has 0 saturated carbocycles. The number of rotatable bonds is 3. The van der Waals surface area contributed by atoms with Gasteiger partial charge in [0.25, 0.3) is 0 Å². The first-order valence-corrected chi connectivity index (χ1v) is 9.02. The summed E-state index contributed by atoms with van der Waals surface area (Å²) in [4.78, 5) is 2.62. The molecule has 2 saturated heterocycles. The molecule has 22 heavy (non-hydrogen) atoms. The molecule has 2 fully saturated rings. The summed E-state index contributed by atoms with van der Waals surface area (Å²) in [5, 5.41) is 0. The quantitative estimate of drug-likeness (QED) is 0.723. The van der Waals surface area contributed by atoms with Crippen LogP contribution in [0.3, 0.4) is 0 Å². The molecule has 4 heteroatoms. The van der Waals surface area contributed by atoms with Gasteiger partial charge < -0.3 is 9.31 Å². The monoisotopic (exact) mass is 309 g/mol. The second-order valence-corrected chi connectivity index (χ2v) is 9.40. The van der Waals surface area contributed by atoms with Crippen LogP contribution >= 0.6 is 0 Å². The van der Waals surface area contributed by atoms with Crippen molar-refractivity contribution in [1.82, 2.24) is 4.90 Å². The van der Waals surface area contributed by atoms with Crippen molar-refractivity contribution in [1.29, 1.82) is 0 Å². The largest absolute Gasteiger partial charge is 0.458 e. The van der Waals surface area contributed by atoms with Crippen LogP contribution in [0.2, 0.25) is 6.32 Å². The van der Waals surface area contributed by atoms with Crippen LogP contribution in [0.25, 0.3) is 0 Å². The van der Waals surface area contributed by atoms with Gasteiger partial charge in [-0.25, -0.2) is 0 Å². The topological polar surface area (TPSA) is 21.7 Å². The highest BCUT2D eigenvalue weighted by molar-refractivity contribution is 6.45. The molecule has 0 aliphatic carbocycles. The van der Waals surface area contributed by atoms with Gasteiger partial charge in [-0.05, 0) is 86.1 Å². The summed E-state index contributed by atoms with van der Waals surface area (Å²) in [7, 11) is -0.0499. The van der Waals surface area contributed by atoms with Crippen LogP contribution in [0.1, 0.15) is 74.7 Å². The van der Waals surface area contributed by atoms with Crippen molar-refractivity contribution < 1.29 is 9.31 Å². The zero-order chi connectivity index (χ0) is 16.8. The van der Waals surface area contributed by atoms with Crippen LogP contribution in [0.5, 0.6) is 0 Å². The fourth-order valence-electron chi connectivity index (χ4n) is 3.76. The van der Waals surface area contributed by atoms with Crippen molar-refractivity contribution in [3.8, 4) is 0 Å². The number of piperidine rings is 1. The second kappa shape index (κ2) is 5.79. The molecule has 2 aliphatic rings. The van der Waals surface area contributed by atoms with Gasteiger partial charge in [0.1, 0.15) is 0 Å². The molecule has 3 nitrogen and oxygen atoms in total. The predicted octanol–water partition coefficient (Wildman–Crippen LogP) is 4.37. The number of hydrogen-bond acceptors (Lipinski definition) is 3. The molecular formula is C18H36BNO2. The molecule has 0 N–H and O–H groups in total. The third-order valence-corrected chi connectivity index (χ3v) is 6.42. The molecule has 0 spiro atoms. The SMILES string of the molecule is CCC1(CB2OC(C)(C)C(C)(C)O2)CCN(C(C)(C)C)CC1.